The zero-order valence-electron chi connectivity index (χ0n) is 35.4. The molecule has 0 amide bonds. The van der Waals surface area contributed by atoms with Gasteiger partial charge in [-0.25, -0.2) is 14.8 Å². The van der Waals surface area contributed by atoms with Crippen LogP contribution in [-0.4, -0.2) is 105 Å². The number of fused-ring (bicyclic) bond motifs is 2. The van der Waals surface area contributed by atoms with Crippen molar-refractivity contribution in [2.45, 2.75) is 91.2 Å². The van der Waals surface area contributed by atoms with Crippen molar-refractivity contribution in [2.75, 3.05) is 63.2 Å². The first-order chi connectivity index (χ1) is 28.8. The van der Waals surface area contributed by atoms with Gasteiger partial charge in [-0.05, 0) is 106 Å². The van der Waals surface area contributed by atoms with E-state index in [0.29, 0.717) is 29.6 Å². The highest BCUT2D eigenvalue weighted by atomic mass is 32.1. The van der Waals surface area contributed by atoms with Crippen molar-refractivity contribution in [3.63, 3.8) is 0 Å². The zero-order chi connectivity index (χ0) is 41.4. The van der Waals surface area contributed by atoms with Crippen LogP contribution in [0.4, 0.5) is 22.6 Å². The molecule has 60 heavy (non-hydrogen) atoms. The van der Waals surface area contributed by atoms with Crippen molar-refractivity contribution in [1.29, 1.82) is 0 Å². The van der Waals surface area contributed by atoms with Gasteiger partial charge in [-0.15, -0.1) is 10.2 Å². The van der Waals surface area contributed by atoms with Crippen LogP contribution in [0.25, 0.3) is 21.3 Å². The molecule has 0 spiro atoms. The van der Waals surface area contributed by atoms with Crippen LogP contribution in [-0.2, 0) is 17.7 Å². The van der Waals surface area contributed by atoms with E-state index in [9.17, 15) is 9.90 Å². The van der Waals surface area contributed by atoms with Gasteiger partial charge >= 0.3 is 5.97 Å². The highest BCUT2D eigenvalue weighted by Gasteiger charge is 2.66. The van der Waals surface area contributed by atoms with E-state index in [4.69, 9.17) is 24.5 Å². The third kappa shape index (κ3) is 7.10. The standard InChI is InChI=1S/C45H56N10O4S/c1-28-31-7-6-14-54(39(31)52-51-38(28)50-41-48-34-19-30(58-5)8-10-35(34)60-41)36-11-9-32(37(49-36)40(56)57)33-20-47-55(29(33)2)27-44-22-42(3)21-43(4,23-44)25-45(24-42,26-44)59-18-17-53-15-12-46-13-16-53/h8-11,19-20,46H,6-7,12-18,21-27H2,1-5H3,(H,56,57)(H,48,50,51). The van der Waals surface area contributed by atoms with E-state index in [1.807, 2.05) is 48.4 Å². The largest absolute Gasteiger partial charge is 0.497 e. The average molecular weight is 833 g/mol. The van der Waals surface area contributed by atoms with Crippen molar-refractivity contribution < 1.29 is 19.4 Å². The zero-order valence-corrected chi connectivity index (χ0v) is 36.3. The fourth-order valence-corrected chi connectivity index (χ4v) is 13.6. The van der Waals surface area contributed by atoms with Gasteiger partial charge < -0.3 is 30.1 Å². The third-order valence-corrected chi connectivity index (χ3v) is 15.1. The second-order valence-electron chi connectivity index (χ2n) is 19.2. The molecule has 2 aliphatic heterocycles. The van der Waals surface area contributed by atoms with Crippen LogP contribution in [0.5, 0.6) is 5.75 Å². The molecule has 5 aromatic rings. The van der Waals surface area contributed by atoms with E-state index in [1.165, 1.54) is 19.3 Å². The summed E-state index contributed by atoms with van der Waals surface area (Å²) in [5.41, 5.74) is 5.65. The quantitative estimate of drug-likeness (QED) is 0.114. The summed E-state index contributed by atoms with van der Waals surface area (Å²) in [5.74, 6) is 1.56. The number of carboxylic acids is 1. The van der Waals surface area contributed by atoms with Crippen LogP contribution in [0.2, 0.25) is 0 Å². The number of benzene rings is 1. The first-order valence-corrected chi connectivity index (χ1v) is 22.4. The first-order valence-electron chi connectivity index (χ1n) is 21.5. The molecule has 4 saturated carbocycles. The molecule has 5 fully saturated rings. The Hall–Kier alpha value is -4.70. The Morgan fingerprint density at radius 2 is 1.77 bits per heavy atom. The Labute approximate surface area is 355 Å². The van der Waals surface area contributed by atoms with Gasteiger partial charge in [-0.3, -0.25) is 9.58 Å². The number of thiazole rings is 1. The van der Waals surface area contributed by atoms with E-state index in [1.54, 1.807) is 18.4 Å². The Morgan fingerprint density at radius 1 is 0.967 bits per heavy atom. The summed E-state index contributed by atoms with van der Waals surface area (Å²) in [7, 11) is 1.65. The summed E-state index contributed by atoms with van der Waals surface area (Å²) in [6.07, 6.45) is 10.4. The van der Waals surface area contributed by atoms with E-state index >= 15 is 0 Å². The van der Waals surface area contributed by atoms with Gasteiger partial charge in [0.15, 0.2) is 22.5 Å². The van der Waals surface area contributed by atoms with Gasteiger partial charge in [0.25, 0.3) is 0 Å². The minimum atomic E-state index is -1.08. The van der Waals surface area contributed by atoms with Crippen LogP contribution in [0, 0.1) is 30.1 Å². The Balaban J connectivity index is 0.892. The second kappa shape index (κ2) is 14.7. The first kappa shape index (κ1) is 39.4. The number of methoxy groups -OCH3 is 1. The van der Waals surface area contributed by atoms with Gasteiger partial charge in [0.2, 0.25) is 0 Å². The number of piperazine rings is 1. The molecule has 11 rings (SSSR count). The maximum Gasteiger partial charge on any atom is 0.355 e. The Kier molecular flexibility index (Phi) is 9.69. The van der Waals surface area contributed by atoms with Crippen LogP contribution in [0.1, 0.15) is 86.1 Å². The molecule has 2 atom stereocenters. The number of hydrogen-bond acceptors (Lipinski definition) is 13. The van der Waals surface area contributed by atoms with Crippen molar-refractivity contribution in [2.24, 2.45) is 16.2 Å². The predicted octanol–water partition coefficient (Wildman–Crippen LogP) is 7.54. The number of aromatic nitrogens is 6. The number of nitrogens with one attached hydrogen (secondary N) is 2. The molecule has 6 heterocycles. The third-order valence-electron chi connectivity index (χ3n) is 14.1. The minimum Gasteiger partial charge on any atom is -0.497 e. The molecule has 316 valence electrons. The van der Waals surface area contributed by atoms with Gasteiger partial charge in [-0.1, -0.05) is 25.2 Å². The number of aromatic carboxylic acids is 1. The van der Waals surface area contributed by atoms with Crippen LogP contribution < -0.4 is 20.3 Å². The lowest BCUT2D eigenvalue weighted by molar-refractivity contribution is -0.249. The summed E-state index contributed by atoms with van der Waals surface area (Å²) in [6, 6.07) is 9.65. The number of nitrogens with zero attached hydrogens (tertiary/aromatic N) is 8. The lowest BCUT2D eigenvalue weighted by Crippen LogP contribution is -2.64. The molecule has 4 bridgehead atoms. The molecule has 4 aromatic heterocycles. The highest BCUT2D eigenvalue weighted by molar-refractivity contribution is 7.22. The fraction of sp³-hybridized carbons (Fsp3) is 0.556. The summed E-state index contributed by atoms with van der Waals surface area (Å²) in [4.78, 5) is 27.1. The molecule has 4 aliphatic carbocycles. The summed E-state index contributed by atoms with van der Waals surface area (Å²) >= 11 is 1.55. The molecular formula is C45H56N10O4S. The number of carbonyl (C=O) groups is 1. The van der Waals surface area contributed by atoms with Crippen LogP contribution in [0.3, 0.4) is 0 Å². The minimum absolute atomic E-state index is 0.00405. The molecular weight excluding hydrogens is 777 g/mol. The Morgan fingerprint density at radius 3 is 2.53 bits per heavy atom. The molecule has 1 saturated heterocycles. The van der Waals surface area contributed by atoms with Crippen molar-refractivity contribution >= 4 is 50.1 Å². The Bertz CT molecular complexity index is 2460. The molecule has 2 unspecified atom stereocenters. The van der Waals surface area contributed by atoms with Gasteiger partial charge in [0.05, 0.1) is 35.7 Å². The van der Waals surface area contributed by atoms with E-state index in [-0.39, 0.29) is 27.5 Å². The summed E-state index contributed by atoms with van der Waals surface area (Å²) < 4.78 is 15.6. The lowest BCUT2D eigenvalue weighted by Gasteiger charge is -2.69. The van der Waals surface area contributed by atoms with Crippen molar-refractivity contribution in [3.05, 3.63) is 59.0 Å². The molecule has 1 aromatic carbocycles. The van der Waals surface area contributed by atoms with Crippen LogP contribution in [0.15, 0.2) is 36.5 Å². The highest BCUT2D eigenvalue weighted by Crippen LogP contribution is 2.72. The van der Waals surface area contributed by atoms with Crippen molar-refractivity contribution in [3.8, 4) is 16.9 Å². The van der Waals surface area contributed by atoms with Gasteiger partial charge in [0, 0.05) is 79.8 Å². The number of pyridine rings is 1. The fourth-order valence-electron chi connectivity index (χ4n) is 12.8. The number of carboxylic acid groups (broad SMARTS) is 1. The van der Waals surface area contributed by atoms with Crippen molar-refractivity contribution in [1.82, 2.24) is 40.2 Å². The monoisotopic (exact) mass is 832 g/mol. The molecule has 6 aliphatic rings. The second-order valence-corrected chi connectivity index (χ2v) is 20.2. The topological polar surface area (TPSA) is 156 Å². The van der Waals surface area contributed by atoms with E-state index in [2.05, 4.69) is 51.2 Å². The van der Waals surface area contributed by atoms with Crippen LogP contribution >= 0.6 is 11.3 Å². The number of rotatable bonds is 12. The van der Waals surface area contributed by atoms with Gasteiger partial charge in [0.1, 0.15) is 11.6 Å². The SMILES string of the molecule is COc1ccc2sc(Nc3nnc4c(c3C)CCCN4c3ccc(-c4cnn(CC56CC7(C)CC(C)(C5)CC(OCCN5CCNCC5)(C7)C6)c4C)c(C(=O)O)n3)nc2c1. The number of hydrogen-bond donors (Lipinski definition) is 3. The van der Waals surface area contributed by atoms with E-state index in [0.717, 1.165) is 121 Å². The normalized spacial score (nSPS) is 27.4. The lowest BCUT2D eigenvalue weighted by atomic mass is 9.39. The summed E-state index contributed by atoms with van der Waals surface area (Å²) in [6.45, 7) is 16.6. The molecule has 0 radical (unpaired) electrons. The molecule has 3 N–H and O–H groups in total. The maximum atomic E-state index is 13.0. The summed E-state index contributed by atoms with van der Waals surface area (Å²) in [5, 5.41) is 32.4. The molecule has 14 nitrogen and oxygen atoms in total. The average Bonchev–Trinajstić information content (AvgIpc) is 3.78. The molecule has 15 heteroatoms. The van der Waals surface area contributed by atoms with E-state index < -0.39 is 5.97 Å². The number of anilines is 4. The number of ether oxygens (including phenoxy) is 2. The van der Waals surface area contributed by atoms with Gasteiger partial charge in [-0.2, -0.15) is 5.10 Å². The smallest absolute Gasteiger partial charge is 0.355 e. The maximum absolute atomic E-state index is 13.0. The predicted molar refractivity (Wildman–Crippen MR) is 233 cm³/mol.